The van der Waals surface area contributed by atoms with E-state index in [1.54, 1.807) is 0 Å². The molecule has 0 heterocycles. The molecule has 1 aromatic rings. The lowest BCUT2D eigenvalue weighted by Gasteiger charge is -2.22. The number of rotatable bonds is 4. The molecule has 1 unspecified atom stereocenters. The van der Waals surface area contributed by atoms with Crippen molar-refractivity contribution in [1.82, 2.24) is 5.32 Å². The Hall–Kier alpha value is -0.540. The van der Waals surface area contributed by atoms with Crippen LogP contribution in [0.1, 0.15) is 57.1 Å². The molecule has 1 aliphatic carbocycles. The van der Waals surface area contributed by atoms with Crippen molar-refractivity contribution >= 4 is 15.9 Å². The van der Waals surface area contributed by atoms with Crippen LogP contribution in [0.15, 0.2) is 22.7 Å². The van der Waals surface area contributed by atoms with E-state index < -0.39 is 0 Å². The van der Waals surface area contributed by atoms with Gasteiger partial charge < -0.3 is 10.1 Å². The second-order valence-electron chi connectivity index (χ2n) is 5.42. The molecular weight excluding hydrogens is 302 g/mol. The van der Waals surface area contributed by atoms with E-state index in [4.69, 9.17) is 4.74 Å². The maximum Gasteiger partial charge on any atom is 0.124 e. The topological polar surface area (TPSA) is 21.3 Å². The van der Waals surface area contributed by atoms with Gasteiger partial charge in [0.05, 0.1) is 6.10 Å². The molecule has 0 spiro atoms. The molecule has 106 valence electrons. The molecule has 0 saturated heterocycles. The summed E-state index contributed by atoms with van der Waals surface area (Å²) in [5, 5.41) is 3.30. The lowest BCUT2D eigenvalue weighted by atomic mass is 10.1. The highest BCUT2D eigenvalue weighted by Gasteiger charge is 2.17. The molecular formula is C16H24BrNO. The number of hydrogen-bond donors (Lipinski definition) is 1. The first-order chi connectivity index (χ1) is 9.20. The molecule has 2 rings (SSSR count). The maximum absolute atomic E-state index is 6.28. The van der Waals surface area contributed by atoms with Crippen LogP contribution in [0, 0.1) is 0 Å². The van der Waals surface area contributed by atoms with Crippen molar-refractivity contribution in [2.45, 2.75) is 57.6 Å². The Bertz CT molecular complexity index is 400. The summed E-state index contributed by atoms with van der Waals surface area (Å²) in [5.74, 6) is 1.04. The van der Waals surface area contributed by atoms with Gasteiger partial charge in [-0.25, -0.2) is 0 Å². The Balaban J connectivity index is 2.13. The predicted octanol–water partition coefficient (Wildman–Crippen LogP) is 4.83. The molecule has 0 aliphatic heterocycles. The fourth-order valence-corrected chi connectivity index (χ4v) is 3.04. The number of benzene rings is 1. The summed E-state index contributed by atoms with van der Waals surface area (Å²) in [6.07, 6.45) is 8.12. The first kappa shape index (κ1) is 14.9. The van der Waals surface area contributed by atoms with Crippen molar-refractivity contribution < 1.29 is 4.74 Å². The standard InChI is InChI=1S/C16H24BrNO/c1-12(18-2)15-11-13(17)9-10-16(15)19-14-7-5-3-4-6-8-14/h9-12,14,18H,3-8H2,1-2H3. The second-order valence-corrected chi connectivity index (χ2v) is 6.34. The molecule has 1 aliphatic rings. The fraction of sp³-hybridized carbons (Fsp3) is 0.625. The quantitative estimate of drug-likeness (QED) is 0.800. The smallest absolute Gasteiger partial charge is 0.124 e. The number of nitrogens with one attached hydrogen (secondary N) is 1. The van der Waals surface area contributed by atoms with E-state index in [1.807, 2.05) is 7.05 Å². The SMILES string of the molecule is CNC(C)c1cc(Br)ccc1OC1CCCCCC1. The van der Waals surface area contributed by atoms with E-state index in [1.165, 1.54) is 44.1 Å². The average molecular weight is 326 g/mol. The summed E-state index contributed by atoms with van der Waals surface area (Å²) in [4.78, 5) is 0. The lowest BCUT2D eigenvalue weighted by Crippen LogP contribution is -2.19. The molecule has 1 fully saturated rings. The third-order valence-electron chi connectivity index (χ3n) is 3.97. The highest BCUT2D eigenvalue weighted by Crippen LogP contribution is 2.31. The van der Waals surface area contributed by atoms with Crippen LogP contribution >= 0.6 is 15.9 Å². The highest BCUT2D eigenvalue weighted by atomic mass is 79.9. The summed E-state index contributed by atoms with van der Waals surface area (Å²) in [6, 6.07) is 6.63. The lowest BCUT2D eigenvalue weighted by molar-refractivity contribution is 0.181. The van der Waals surface area contributed by atoms with Gasteiger partial charge in [0.1, 0.15) is 5.75 Å². The largest absolute Gasteiger partial charge is 0.490 e. The van der Waals surface area contributed by atoms with Gasteiger partial charge >= 0.3 is 0 Å². The monoisotopic (exact) mass is 325 g/mol. The van der Waals surface area contributed by atoms with E-state index in [0.29, 0.717) is 12.1 Å². The number of ether oxygens (including phenoxy) is 1. The third kappa shape index (κ3) is 4.22. The molecule has 1 N–H and O–H groups in total. The van der Waals surface area contributed by atoms with Crippen molar-refractivity contribution in [1.29, 1.82) is 0 Å². The summed E-state index contributed by atoms with van der Waals surface area (Å²) < 4.78 is 7.39. The minimum absolute atomic E-state index is 0.304. The fourth-order valence-electron chi connectivity index (χ4n) is 2.66. The molecule has 1 atom stereocenters. The van der Waals surface area contributed by atoms with E-state index in [-0.39, 0.29) is 0 Å². The van der Waals surface area contributed by atoms with Gasteiger partial charge in [-0.1, -0.05) is 28.8 Å². The molecule has 0 amide bonds. The van der Waals surface area contributed by atoms with E-state index in [2.05, 4.69) is 46.4 Å². The van der Waals surface area contributed by atoms with Gasteiger partial charge in [-0.15, -0.1) is 0 Å². The van der Waals surface area contributed by atoms with E-state index in [0.717, 1.165) is 10.2 Å². The van der Waals surface area contributed by atoms with Crippen molar-refractivity contribution in [3.05, 3.63) is 28.2 Å². The van der Waals surface area contributed by atoms with Crippen LogP contribution in [-0.2, 0) is 0 Å². The zero-order chi connectivity index (χ0) is 13.7. The summed E-state index contributed by atoms with van der Waals surface area (Å²) in [5.41, 5.74) is 1.24. The average Bonchev–Trinajstić information content (AvgIpc) is 2.68. The Morgan fingerprint density at radius 1 is 1.21 bits per heavy atom. The zero-order valence-electron chi connectivity index (χ0n) is 11.9. The van der Waals surface area contributed by atoms with E-state index in [9.17, 15) is 0 Å². The van der Waals surface area contributed by atoms with Crippen molar-refractivity contribution in [2.75, 3.05) is 7.05 Å². The van der Waals surface area contributed by atoms with Gasteiger partial charge in [0.2, 0.25) is 0 Å². The van der Waals surface area contributed by atoms with Gasteiger partial charge in [0.25, 0.3) is 0 Å². The molecule has 0 bridgehead atoms. The minimum atomic E-state index is 0.304. The predicted molar refractivity (Wildman–Crippen MR) is 83.7 cm³/mol. The maximum atomic E-state index is 6.28. The van der Waals surface area contributed by atoms with Crippen LogP contribution in [0.5, 0.6) is 5.75 Å². The van der Waals surface area contributed by atoms with Crippen LogP contribution in [-0.4, -0.2) is 13.2 Å². The minimum Gasteiger partial charge on any atom is -0.490 e. The van der Waals surface area contributed by atoms with Gasteiger partial charge in [-0.3, -0.25) is 0 Å². The van der Waals surface area contributed by atoms with E-state index >= 15 is 0 Å². The van der Waals surface area contributed by atoms with Crippen molar-refractivity contribution in [2.24, 2.45) is 0 Å². The molecule has 19 heavy (non-hydrogen) atoms. The molecule has 2 nitrogen and oxygen atoms in total. The number of halogens is 1. The number of hydrogen-bond acceptors (Lipinski definition) is 2. The molecule has 0 radical (unpaired) electrons. The van der Waals surface area contributed by atoms with Crippen LogP contribution in [0.3, 0.4) is 0 Å². The molecule has 1 aromatic carbocycles. The van der Waals surface area contributed by atoms with Gasteiger partial charge in [-0.2, -0.15) is 0 Å². The first-order valence-corrected chi connectivity index (χ1v) is 8.13. The second kappa shape index (κ2) is 7.30. The Kier molecular flexibility index (Phi) is 5.71. The Labute approximate surface area is 125 Å². The normalized spacial score (nSPS) is 18.9. The van der Waals surface area contributed by atoms with Gasteiger partial charge in [0, 0.05) is 16.1 Å². The third-order valence-corrected chi connectivity index (χ3v) is 4.46. The molecule has 1 saturated carbocycles. The van der Waals surface area contributed by atoms with Crippen LogP contribution in [0.2, 0.25) is 0 Å². The van der Waals surface area contributed by atoms with Crippen LogP contribution < -0.4 is 10.1 Å². The zero-order valence-corrected chi connectivity index (χ0v) is 13.5. The molecule has 0 aromatic heterocycles. The Morgan fingerprint density at radius 2 is 1.89 bits per heavy atom. The molecule has 3 heteroatoms. The van der Waals surface area contributed by atoms with Gasteiger partial charge in [-0.05, 0) is 57.9 Å². The summed E-state index contributed by atoms with van der Waals surface area (Å²) >= 11 is 3.55. The van der Waals surface area contributed by atoms with Crippen LogP contribution in [0.4, 0.5) is 0 Å². The van der Waals surface area contributed by atoms with Gasteiger partial charge in [0.15, 0.2) is 0 Å². The first-order valence-electron chi connectivity index (χ1n) is 7.34. The Morgan fingerprint density at radius 3 is 2.53 bits per heavy atom. The van der Waals surface area contributed by atoms with Crippen LogP contribution in [0.25, 0.3) is 0 Å². The summed E-state index contributed by atoms with van der Waals surface area (Å²) in [7, 11) is 1.99. The summed E-state index contributed by atoms with van der Waals surface area (Å²) in [6.45, 7) is 2.17. The highest BCUT2D eigenvalue weighted by molar-refractivity contribution is 9.10. The van der Waals surface area contributed by atoms with Crippen molar-refractivity contribution in [3.63, 3.8) is 0 Å². The van der Waals surface area contributed by atoms with Crippen molar-refractivity contribution in [3.8, 4) is 5.75 Å².